The molecule has 0 fully saturated rings. The van der Waals surface area contributed by atoms with Crippen molar-refractivity contribution in [2.75, 3.05) is 5.32 Å². The number of hydrogen-bond donors (Lipinski definition) is 2. The van der Waals surface area contributed by atoms with E-state index in [0.29, 0.717) is 11.3 Å². The van der Waals surface area contributed by atoms with Crippen LogP contribution in [0.4, 0.5) is 5.69 Å². The first kappa shape index (κ1) is 20.1. The first-order valence-electron chi connectivity index (χ1n) is 9.32. The summed E-state index contributed by atoms with van der Waals surface area (Å²) >= 11 is 0. The molecule has 2 N–H and O–H groups in total. The van der Waals surface area contributed by atoms with Crippen LogP contribution in [0, 0.1) is 20.8 Å². The normalized spacial score (nSPS) is 10.9. The molecule has 0 unspecified atom stereocenters. The van der Waals surface area contributed by atoms with Gasteiger partial charge < -0.3 is 9.88 Å². The van der Waals surface area contributed by atoms with E-state index in [2.05, 4.69) is 51.6 Å². The molecule has 1 heterocycles. The maximum absolute atomic E-state index is 12.3. The van der Waals surface area contributed by atoms with Crippen molar-refractivity contribution < 1.29 is 9.59 Å². The van der Waals surface area contributed by atoms with Gasteiger partial charge in [0.15, 0.2) is 0 Å². The van der Waals surface area contributed by atoms with Gasteiger partial charge in [-0.2, -0.15) is 5.10 Å². The van der Waals surface area contributed by atoms with E-state index in [9.17, 15) is 9.59 Å². The quantitative estimate of drug-likeness (QED) is 0.509. The molecule has 2 amide bonds. The van der Waals surface area contributed by atoms with Crippen LogP contribution >= 0.6 is 0 Å². The van der Waals surface area contributed by atoms with Gasteiger partial charge in [-0.1, -0.05) is 23.8 Å². The number of hydrogen-bond acceptors (Lipinski definition) is 3. The fraction of sp³-hybridized carbons (Fsp3) is 0.174. The van der Waals surface area contributed by atoms with E-state index in [1.807, 2.05) is 19.9 Å². The van der Waals surface area contributed by atoms with Gasteiger partial charge in [0.25, 0.3) is 5.91 Å². The lowest BCUT2D eigenvalue weighted by molar-refractivity contribution is -0.114. The van der Waals surface area contributed by atoms with E-state index in [-0.39, 0.29) is 11.8 Å². The van der Waals surface area contributed by atoms with Crippen LogP contribution in [0.2, 0.25) is 0 Å². The van der Waals surface area contributed by atoms with E-state index >= 15 is 0 Å². The van der Waals surface area contributed by atoms with Crippen LogP contribution in [-0.2, 0) is 4.79 Å². The zero-order chi connectivity index (χ0) is 21.0. The van der Waals surface area contributed by atoms with Gasteiger partial charge in [-0.3, -0.25) is 9.59 Å². The summed E-state index contributed by atoms with van der Waals surface area (Å²) in [5, 5.41) is 6.76. The Morgan fingerprint density at radius 2 is 1.72 bits per heavy atom. The van der Waals surface area contributed by atoms with Gasteiger partial charge in [0, 0.05) is 40.8 Å². The van der Waals surface area contributed by atoms with Gasteiger partial charge in [0.1, 0.15) is 0 Å². The van der Waals surface area contributed by atoms with Crippen LogP contribution in [-0.4, -0.2) is 22.6 Å². The van der Waals surface area contributed by atoms with E-state index < -0.39 is 0 Å². The minimum absolute atomic E-state index is 0.190. The highest BCUT2D eigenvalue weighted by atomic mass is 16.2. The maximum atomic E-state index is 12.3. The molecule has 0 aliphatic rings. The van der Waals surface area contributed by atoms with Crippen LogP contribution in [0.15, 0.2) is 59.7 Å². The van der Waals surface area contributed by atoms with Gasteiger partial charge in [0.2, 0.25) is 5.91 Å². The summed E-state index contributed by atoms with van der Waals surface area (Å²) in [6.45, 7) is 7.54. The van der Waals surface area contributed by atoms with Crippen molar-refractivity contribution >= 4 is 23.7 Å². The molecule has 0 saturated carbocycles. The van der Waals surface area contributed by atoms with Crippen molar-refractivity contribution in [3.8, 4) is 5.69 Å². The first-order valence-corrected chi connectivity index (χ1v) is 9.32. The lowest BCUT2D eigenvalue weighted by Gasteiger charge is -2.09. The molecule has 3 rings (SSSR count). The topological polar surface area (TPSA) is 75.5 Å². The summed E-state index contributed by atoms with van der Waals surface area (Å²) < 4.78 is 2.15. The third-order valence-corrected chi connectivity index (χ3v) is 4.58. The number of aromatic nitrogens is 1. The third kappa shape index (κ3) is 4.79. The van der Waals surface area contributed by atoms with Gasteiger partial charge in [-0.15, -0.1) is 0 Å². The molecule has 29 heavy (non-hydrogen) atoms. The van der Waals surface area contributed by atoms with Crippen molar-refractivity contribution in [2.45, 2.75) is 27.7 Å². The largest absolute Gasteiger partial charge is 0.326 e. The molecular weight excluding hydrogens is 364 g/mol. The predicted octanol–water partition coefficient (Wildman–Crippen LogP) is 4.12. The fourth-order valence-corrected chi connectivity index (χ4v) is 3.18. The molecular formula is C23H24N4O2. The van der Waals surface area contributed by atoms with Crippen LogP contribution < -0.4 is 10.7 Å². The fourth-order valence-electron chi connectivity index (χ4n) is 3.18. The molecule has 0 saturated heterocycles. The summed E-state index contributed by atoms with van der Waals surface area (Å²) in [4.78, 5) is 23.5. The van der Waals surface area contributed by atoms with Crippen molar-refractivity contribution in [3.63, 3.8) is 0 Å². The lowest BCUT2D eigenvalue weighted by Crippen LogP contribution is -2.18. The number of rotatable bonds is 5. The highest BCUT2D eigenvalue weighted by Gasteiger charge is 2.10. The van der Waals surface area contributed by atoms with Crippen molar-refractivity contribution in [2.24, 2.45) is 5.10 Å². The molecule has 3 aromatic rings. The Hall–Kier alpha value is -3.67. The van der Waals surface area contributed by atoms with Crippen LogP contribution in [0.5, 0.6) is 0 Å². The van der Waals surface area contributed by atoms with E-state index in [0.717, 1.165) is 22.6 Å². The van der Waals surface area contributed by atoms with Gasteiger partial charge in [-0.25, -0.2) is 5.43 Å². The Morgan fingerprint density at radius 3 is 2.41 bits per heavy atom. The monoisotopic (exact) mass is 388 g/mol. The molecule has 6 heteroatoms. The number of carbonyl (C=O) groups excluding carboxylic acids is 2. The van der Waals surface area contributed by atoms with Crippen molar-refractivity contribution in [1.29, 1.82) is 0 Å². The number of aryl methyl sites for hydroxylation is 2. The Kier molecular flexibility index (Phi) is 5.93. The first-order chi connectivity index (χ1) is 13.8. The Bertz CT molecular complexity index is 1080. The van der Waals surface area contributed by atoms with Crippen LogP contribution in [0.3, 0.4) is 0 Å². The molecule has 148 valence electrons. The van der Waals surface area contributed by atoms with Crippen LogP contribution in [0.25, 0.3) is 5.69 Å². The minimum Gasteiger partial charge on any atom is -0.326 e. The van der Waals surface area contributed by atoms with Crippen molar-refractivity contribution in [3.05, 3.63) is 82.7 Å². The summed E-state index contributed by atoms with van der Waals surface area (Å²) in [6, 6.07) is 17.1. The number of amides is 2. The Balaban J connectivity index is 1.74. The molecule has 0 radical (unpaired) electrons. The summed E-state index contributed by atoms with van der Waals surface area (Å²) in [7, 11) is 0. The highest BCUT2D eigenvalue weighted by Crippen LogP contribution is 2.20. The average molecular weight is 388 g/mol. The second-order valence-corrected chi connectivity index (χ2v) is 6.96. The lowest BCUT2D eigenvalue weighted by atomic mass is 10.2. The molecule has 0 spiro atoms. The number of anilines is 1. The third-order valence-electron chi connectivity index (χ3n) is 4.58. The SMILES string of the molecule is CC(=O)Nc1cccc(C(=O)N/N=C\c2cc(C)n(-c3ccc(C)cc3)c2C)c1. The molecule has 0 atom stereocenters. The average Bonchev–Trinajstić information content (AvgIpc) is 2.96. The van der Waals surface area contributed by atoms with Gasteiger partial charge >= 0.3 is 0 Å². The molecule has 1 aromatic heterocycles. The number of benzene rings is 2. The minimum atomic E-state index is -0.346. The molecule has 0 bridgehead atoms. The highest BCUT2D eigenvalue weighted by molar-refractivity contribution is 5.97. The smallest absolute Gasteiger partial charge is 0.271 e. The van der Waals surface area contributed by atoms with E-state index in [1.165, 1.54) is 12.5 Å². The molecule has 2 aromatic carbocycles. The second-order valence-electron chi connectivity index (χ2n) is 6.96. The summed E-state index contributed by atoms with van der Waals surface area (Å²) in [5.74, 6) is -0.537. The van der Waals surface area contributed by atoms with Gasteiger partial charge in [-0.05, 0) is 57.2 Å². The number of nitrogens with one attached hydrogen (secondary N) is 2. The van der Waals surface area contributed by atoms with E-state index in [4.69, 9.17) is 0 Å². The molecule has 0 aliphatic heterocycles. The molecule has 0 aliphatic carbocycles. The van der Waals surface area contributed by atoms with Gasteiger partial charge in [0.05, 0.1) is 6.21 Å². The zero-order valence-electron chi connectivity index (χ0n) is 17.0. The summed E-state index contributed by atoms with van der Waals surface area (Å²) in [5.41, 5.74) is 8.87. The van der Waals surface area contributed by atoms with Crippen LogP contribution in [0.1, 0.15) is 39.8 Å². The number of hydrazone groups is 1. The zero-order valence-corrected chi connectivity index (χ0v) is 17.0. The maximum Gasteiger partial charge on any atom is 0.271 e. The Morgan fingerprint density at radius 1 is 1.00 bits per heavy atom. The second kappa shape index (κ2) is 8.56. The number of carbonyl (C=O) groups is 2. The Labute approximate surface area is 170 Å². The standard InChI is InChI=1S/C23H24N4O2/c1-15-8-10-22(11-9-15)27-16(2)12-20(17(27)3)14-24-26-23(29)19-6-5-7-21(13-19)25-18(4)28/h5-14H,1-4H3,(H,25,28)(H,26,29)/b24-14-. The predicted molar refractivity (Wildman–Crippen MR) is 116 cm³/mol. The summed E-state index contributed by atoms with van der Waals surface area (Å²) in [6.07, 6.45) is 1.64. The number of nitrogens with zero attached hydrogens (tertiary/aromatic N) is 2. The van der Waals surface area contributed by atoms with Crippen molar-refractivity contribution in [1.82, 2.24) is 9.99 Å². The van der Waals surface area contributed by atoms with E-state index in [1.54, 1.807) is 30.5 Å². The molecule has 6 nitrogen and oxygen atoms in total.